The molecule has 0 aromatic heterocycles. The summed E-state index contributed by atoms with van der Waals surface area (Å²) in [5.41, 5.74) is -0.623. The van der Waals surface area contributed by atoms with Crippen molar-refractivity contribution in [3.8, 4) is 11.5 Å². The van der Waals surface area contributed by atoms with Crippen LogP contribution < -0.4 is 20.1 Å². The van der Waals surface area contributed by atoms with Crippen LogP contribution in [-0.4, -0.2) is 43.6 Å². The molecule has 10 nitrogen and oxygen atoms in total. The van der Waals surface area contributed by atoms with E-state index in [9.17, 15) is 9.59 Å². The Kier molecular flexibility index (Phi) is 8.67. The summed E-state index contributed by atoms with van der Waals surface area (Å²) in [5, 5.41) is 4.81. The molecule has 31 heavy (non-hydrogen) atoms. The van der Waals surface area contributed by atoms with E-state index in [1.54, 1.807) is 53.7 Å². The Balaban J connectivity index is 3.16. The van der Waals surface area contributed by atoms with Crippen molar-refractivity contribution in [3.05, 3.63) is 29.1 Å². The van der Waals surface area contributed by atoms with Crippen molar-refractivity contribution in [1.82, 2.24) is 10.6 Å². The van der Waals surface area contributed by atoms with Crippen LogP contribution in [0.3, 0.4) is 0 Å². The molecule has 0 spiro atoms. The summed E-state index contributed by atoms with van der Waals surface area (Å²) in [7, 11) is 2.88. The molecule has 2 N–H and O–H groups in total. The van der Waals surface area contributed by atoms with Crippen molar-refractivity contribution in [2.24, 2.45) is 4.99 Å². The minimum absolute atomic E-state index is 0.0337. The third-order valence-corrected chi connectivity index (χ3v) is 3.31. The van der Waals surface area contributed by atoms with Crippen LogP contribution in [-0.2, 0) is 16.0 Å². The fourth-order valence-corrected chi connectivity index (χ4v) is 2.23. The largest absolute Gasteiger partial charge is 0.508 e. The lowest BCUT2D eigenvalue weighted by Gasteiger charge is -2.22. The molecule has 0 heterocycles. The number of methoxy groups -OCH3 is 2. The van der Waals surface area contributed by atoms with E-state index in [0.29, 0.717) is 17.1 Å². The lowest BCUT2D eigenvalue weighted by atomic mass is 10.1. The number of nitrogens with zero attached hydrogens (tertiary/aromatic N) is 2. The highest BCUT2D eigenvalue weighted by Crippen LogP contribution is 2.38. The topological polar surface area (TPSA) is 112 Å². The number of carbonyl (C=O) groups is 2. The fourth-order valence-electron chi connectivity index (χ4n) is 2.23. The highest BCUT2D eigenvalue weighted by Gasteiger charge is 2.21. The molecule has 1 aromatic carbocycles. The van der Waals surface area contributed by atoms with Crippen molar-refractivity contribution in [1.29, 1.82) is 0 Å². The monoisotopic (exact) mass is 433 g/mol. The smallest absolute Gasteiger partial charge is 0.414 e. The van der Waals surface area contributed by atoms with E-state index < -0.39 is 23.4 Å². The Morgan fingerprint density at radius 2 is 1.35 bits per heavy atom. The molecule has 0 saturated heterocycles. The molecule has 0 bridgehead atoms. The number of aliphatic imine (C=N–C) groups is 1. The van der Waals surface area contributed by atoms with Crippen LogP contribution in [0.1, 0.15) is 47.1 Å². The van der Waals surface area contributed by atoms with Gasteiger partial charge < -0.3 is 18.9 Å². The lowest BCUT2D eigenvalue weighted by Crippen LogP contribution is -2.47. The van der Waals surface area contributed by atoms with Crippen LogP contribution in [0.25, 0.3) is 4.85 Å². The molecule has 1 rings (SSSR count). The Bertz CT molecular complexity index is 818. The van der Waals surface area contributed by atoms with E-state index in [-0.39, 0.29) is 18.2 Å². The Morgan fingerprint density at radius 1 is 0.935 bits per heavy atom. The first kappa shape index (κ1) is 25.6. The zero-order valence-corrected chi connectivity index (χ0v) is 19.2. The Morgan fingerprint density at radius 3 is 1.68 bits per heavy atom. The van der Waals surface area contributed by atoms with E-state index >= 15 is 0 Å². The number of nitrogens with one attached hydrogen (secondary N) is 2. The molecule has 0 fully saturated rings. The van der Waals surface area contributed by atoms with Gasteiger partial charge in [-0.3, -0.25) is 10.6 Å². The Hall–Kier alpha value is -3.48. The number of rotatable bonds is 4. The first-order chi connectivity index (χ1) is 14.3. The first-order valence-electron chi connectivity index (χ1n) is 9.44. The van der Waals surface area contributed by atoms with Crippen LogP contribution >= 0.6 is 0 Å². The SMILES string of the molecule is COc1cc(CN=C(NC(=O)OC(C)(C)C)NC(=O)OC(C)(C)C)cc(OC)c1[N+]#[11C-]. The predicted octanol–water partition coefficient (Wildman–Crippen LogP) is 4.16. The molecule has 0 unspecified atom stereocenters. The van der Waals surface area contributed by atoms with Crippen molar-refractivity contribution >= 4 is 23.8 Å². The number of amides is 2. The number of carbonyl (C=O) groups excluding carboxylic acids is 2. The van der Waals surface area contributed by atoms with Gasteiger partial charge >= 0.3 is 12.2 Å². The van der Waals surface area contributed by atoms with E-state index in [2.05, 4.69) is 20.5 Å². The van der Waals surface area contributed by atoms with Gasteiger partial charge in [-0.1, -0.05) is 0 Å². The van der Waals surface area contributed by atoms with Crippen molar-refractivity contribution in [3.63, 3.8) is 0 Å². The standard InChI is InChI=1S/C21H30N4O6/c1-20(2,3)30-18(26)24-17(25-19(27)31-21(4,5)6)23-12-13-10-14(28-8)16(22-7)15(11-13)29-9/h10-11H,12H2,1-6,8-9H3,(H2,23,24,25,26,27)/i7-1. The van der Waals surface area contributed by atoms with Crippen LogP contribution in [0, 0.1) is 6.57 Å². The second kappa shape index (κ2) is 10.5. The number of guanidine groups is 1. The van der Waals surface area contributed by atoms with Crippen molar-refractivity contribution in [2.45, 2.75) is 59.3 Å². The van der Waals surface area contributed by atoms with Crippen molar-refractivity contribution < 1.29 is 28.5 Å². The van der Waals surface area contributed by atoms with E-state index in [0.717, 1.165) is 0 Å². The number of ether oxygens (including phenoxy) is 4. The van der Waals surface area contributed by atoms with Crippen LogP contribution in [0.2, 0.25) is 0 Å². The summed E-state index contributed by atoms with van der Waals surface area (Å²) in [6, 6.07) is 3.25. The summed E-state index contributed by atoms with van der Waals surface area (Å²) in [6.07, 6.45) is -1.58. The van der Waals surface area contributed by atoms with Gasteiger partial charge in [0.2, 0.25) is 5.96 Å². The van der Waals surface area contributed by atoms with E-state index in [1.807, 2.05) is 0 Å². The van der Waals surface area contributed by atoms with E-state index in [4.69, 9.17) is 25.5 Å². The van der Waals surface area contributed by atoms with E-state index in [1.165, 1.54) is 14.2 Å². The average molecular weight is 433 g/mol. The summed E-state index contributed by atoms with van der Waals surface area (Å²) < 4.78 is 20.9. The fraction of sp³-hybridized carbons (Fsp3) is 0.524. The highest BCUT2D eigenvalue weighted by atomic mass is 16.6. The predicted molar refractivity (Wildman–Crippen MR) is 116 cm³/mol. The van der Waals surface area contributed by atoms with Crippen LogP contribution in [0.4, 0.5) is 15.3 Å². The molecule has 2 amide bonds. The third-order valence-electron chi connectivity index (χ3n) is 3.31. The van der Waals surface area contributed by atoms with Gasteiger partial charge in [0.05, 0.1) is 27.3 Å². The third kappa shape index (κ3) is 9.25. The number of hydrogen-bond donors (Lipinski definition) is 2. The van der Waals surface area contributed by atoms with Crippen molar-refractivity contribution in [2.75, 3.05) is 14.2 Å². The molecular formula is C21H30N4O6. The molecule has 170 valence electrons. The molecule has 10 heteroatoms. The molecule has 1 aromatic rings. The summed E-state index contributed by atoms with van der Waals surface area (Å²) >= 11 is 0. The molecule has 0 atom stereocenters. The van der Waals surface area contributed by atoms with Gasteiger partial charge in [-0.2, -0.15) is 0 Å². The lowest BCUT2D eigenvalue weighted by molar-refractivity contribution is 0.0545. The number of alkyl carbamates (subject to hydrolysis) is 2. The second-order valence-electron chi connectivity index (χ2n) is 8.38. The number of hydrogen-bond acceptors (Lipinski definition) is 7. The normalized spacial score (nSPS) is 10.9. The maximum absolute atomic E-state index is 12.2. The molecule has 0 aliphatic heterocycles. The molecule has 0 radical (unpaired) electrons. The number of benzene rings is 1. The Labute approximate surface area is 182 Å². The zero-order valence-electron chi connectivity index (χ0n) is 19.2. The first-order valence-corrected chi connectivity index (χ1v) is 9.44. The minimum Gasteiger partial charge on any atom is -0.508 e. The van der Waals surface area contributed by atoms with Gasteiger partial charge in [0.25, 0.3) is 5.69 Å². The van der Waals surface area contributed by atoms with Crippen LogP contribution in [0.15, 0.2) is 17.1 Å². The average Bonchev–Trinajstić information content (AvgIpc) is 2.61. The second-order valence-corrected chi connectivity index (χ2v) is 8.38. The summed E-state index contributed by atoms with van der Waals surface area (Å²) in [5.74, 6) is 0.485. The highest BCUT2D eigenvalue weighted by molar-refractivity contribution is 6.01. The molecule has 0 aliphatic rings. The van der Waals surface area contributed by atoms with Gasteiger partial charge in [-0.05, 0) is 59.2 Å². The summed E-state index contributed by atoms with van der Waals surface area (Å²) in [6.45, 7) is 17.6. The van der Waals surface area contributed by atoms with Gasteiger partial charge in [0.1, 0.15) is 22.7 Å². The van der Waals surface area contributed by atoms with Gasteiger partial charge in [0.15, 0.2) is 0 Å². The minimum atomic E-state index is -0.791. The molecular weight excluding hydrogens is 403 g/mol. The molecule has 0 aliphatic carbocycles. The maximum atomic E-state index is 12.2. The maximum Gasteiger partial charge on any atom is 0.414 e. The zero-order chi connectivity index (χ0) is 23.8. The van der Waals surface area contributed by atoms with Gasteiger partial charge in [0, 0.05) is 0 Å². The van der Waals surface area contributed by atoms with Gasteiger partial charge in [-0.25, -0.2) is 19.4 Å². The van der Waals surface area contributed by atoms with Crippen LogP contribution in [0.5, 0.6) is 11.5 Å². The van der Waals surface area contributed by atoms with Gasteiger partial charge in [-0.15, -0.1) is 0 Å². The summed E-state index contributed by atoms with van der Waals surface area (Å²) in [4.78, 5) is 32.0. The molecule has 0 saturated carbocycles. The quantitative estimate of drug-likeness (QED) is 0.419.